The van der Waals surface area contributed by atoms with Crippen molar-refractivity contribution in [2.75, 3.05) is 31.1 Å². The van der Waals surface area contributed by atoms with Gasteiger partial charge in [0.05, 0.1) is 6.54 Å². The summed E-state index contributed by atoms with van der Waals surface area (Å²) in [5.74, 6) is 0.949. The minimum absolute atomic E-state index is 0.0182. The molecule has 2 N–H and O–H groups in total. The Morgan fingerprint density at radius 1 is 1.22 bits per heavy atom. The van der Waals surface area contributed by atoms with Gasteiger partial charge in [-0.25, -0.2) is 0 Å². The van der Waals surface area contributed by atoms with Crippen LogP contribution in [0.4, 0.5) is 5.69 Å². The van der Waals surface area contributed by atoms with E-state index in [2.05, 4.69) is 16.7 Å². The SMILES string of the molecule is O=C(CNCC1CC1)NCCCC(=O)N1CCc2ccccc21. The lowest BCUT2D eigenvalue weighted by Gasteiger charge is -2.17. The zero-order valence-corrected chi connectivity index (χ0v) is 13.5. The van der Waals surface area contributed by atoms with Crippen LogP contribution in [0.5, 0.6) is 0 Å². The molecule has 0 atom stereocenters. The zero-order chi connectivity index (χ0) is 16.1. The van der Waals surface area contributed by atoms with Gasteiger partial charge in [-0.15, -0.1) is 0 Å². The molecule has 5 nitrogen and oxygen atoms in total. The zero-order valence-electron chi connectivity index (χ0n) is 13.5. The predicted octanol–water partition coefficient (Wildman–Crippen LogP) is 1.47. The molecule has 0 radical (unpaired) electrons. The number of fused-ring (bicyclic) bond motifs is 1. The highest BCUT2D eigenvalue weighted by molar-refractivity contribution is 5.95. The van der Waals surface area contributed by atoms with Crippen LogP contribution in [0.1, 0.15) is 31.2 Å². The van der Waals surface area contributed by atoms with E-state index >= 15 is 0 Å². The van der Waals surface area contributed by atoms with Gasteiger partial charge < -0.3 is 15.5 Å². The number of nitrogens with one attached hydrogen (secondary N) is 2. The fourth-order valence-corrected chi connectivity index (χ4v) is 2.97. The number of carbonyl (C=O) groups excluding carboxylic acids is 2. The molecule has 1 aromatic carbocycles. The van der Waals surface area contributed by atoms with Gasteiger partial charge in [0.2, 0.25) is 11.8 Å². The number of hydrogen-bond acceptors (Lipinski definition) is 3. The van der Waals surface area contributed by atoms with E-state index in [0.29, 0.717) is 25.9 Å². The molecule has 0 saturated heterocycles. The van der Waals surface area contributed by atoms with Crippen LogP contribution in [0.2, 0.25) is 0 Å². The molecule has 1 heterocycles. The van der Waals surface area contributed by atoms with E-state index < -0.39 is 0 Å². The van der Waals surface area contributed by atoms with Crippen molar-refractivity contribution >= 4 is 17.5 Å². The van der Waals surface area contributed by atoms with E-state index in [1.54, 1.807) is 0 Å². The van der Waals surface area contributed by atoms with Crippen LogP contribution in [-0.4, -0.2) is 38.0 Å². The number of rotatable bonds is 8. The summed E-state index contributed by atoms with van der Waals surface area (Å²) >= 11 is 0. The Balaban J connectivity index is 1.31. The lowest BCUT2D eigenvalue weighted by Crippen LogP contribution is -2.36. The maximum atomic E-state index is 12.3. The average molecular weight is 315 g/mol. The Morgan fingerprint density at radius 3 is 2.87 bits per heavy atom. The summed E-state index contributed by atoms with van der Waals surface area (Å²) in [6.45, 7) is 2.66. The van der Waals surface area contributed by atoms with E-state index in [1.165, 1.54) is 18.4 Å². The van der Waals surface area contributed by atoms with Crippen molar-refractivity contribution in [3.63, 3.8) is 0 Å². The normalized spacial score (nSPS) is 16.3. The van der Waals surface area contributed by atoms with Crippen molar-refractivity contribution in [2.24, 2.45) is 5.92 Å². The first-order chi connectivity index (χ1) is 11.2. The van der Waals surface area contributed by atoms with Gasteiger partial charge in [-0.3, -0.25) is 9.59 Å². The van der Waals surface area contributed by atoms with Crippen molar-refractivity contribution in [2.45, 2.75) is 32.1 Å². The first-order valence-corrected chi connectivity index (χ1v) is 8.60. The minimum atomic E-state index is 0.0182. The van der Waals surface area contributed by atoms with Gasteiger partial charge in [0.15, 0.2) is 0 Å². The van der Waals surface area contributed by atoms with Crippen molar-refractivity contribution in [1.29, 1.82) is 0 Å². The highest BCUT2D eigenvalue weighted by Gasteiger charge is 2.23. The molecule has 1 saturated carbocycles. The van der Waals surface area contributed by atoms with Gasteiger partial charge in [-0.05, 0) is 49.8 Å². The molecule has 2 amide bonds. The fraction of sp³-hybridized carbons (Fsp3) is 0.556. The van der Waals surface area contributed by atoms with Crippen molar-refractivity contribution in [1.82, 2.24) is 10.6 Å². The molecule has 1 fully saturated rings. The number of para-hydroxylation sites is 1. The van der Waals surface area contributed by atoms with Crippen LogP contribution >= 0.6 is 0 Å². The summed E-state index contributed by atoms with van der Waals surface area (Å²) in [7, 11) is 0. The first kappa shape index (κ1) is 16.0. The fourth-order valence-electron chi connectivity index (χ4n) is 2.97. The van der Waals surface area contributed by atoms with Gasteiger partial charge in [-0.1, -0.05) is 18.2 Å². The summed E-state index contributed by atoms with van der Waals surface area (Å²) in [5.41, 5.74) is 2.29. The Hall–Kier alpha value is -1.88. The third-order valence-electron chi connectivity index (χ3n) is 4.49. The highest BCUT2D eigenvalue weighted by Crippen LogP contribution is 2.28. The van der Waals surface area contributed by atoms with Crippen LogP contribution in [0.3, 0.4) is 0 Å². The molecular formula is C18H25N3O2. The van der Waals surface area contributed by atoms with Crippen molar-refractivity contribution in [3.05, 3.63) is 29.8 Å². The molecular weight excluding hydrogens is 290 g/mol. The second-order valence-corrected chi connectivity index (χ2v) is 6.45. The van der Waals surface area contributed by atoms with Crippen LogP contribution in [0.25, 0.3) is 0 Å². The smallest absolute Gasteiger partial charge is 0.233 e. The lowest BCUT2D eigenvalue weighted by atomic mass is 10.2. The largest absolute Gasteiger partial charge is 0.355 e. The van der Waals surface area contributed by atoms with Crippen LogP contribution in [0, 0.1) is 5.92 Å². The molecule has 0 unspecified atom stereocenters. The van der Waals surface area contributed by atoms with E-state index in [0.717, 1.165) is 31.1 Å². The standard InChI is InChI=1S/C18H25N3O2/c22-17(13-19-12-14-7-8-14)20-10-3-6-18(23)21-11-9-15-4-1-2-5-16(15)21/h1-2,4-5,14,19H,3,6-13H2,(H,20,22). The van der Waals surface area contributed by atoms with E-state index in [9.17, 15) is 9.59 Å². The molecule has 5 heteroatoms. The summed E-state index contributed by atoms with van der Waals surface area (Å²) in [4.78, 5) is 25.8. The van der Waals surface area contributed by atoms with E-state index in [4.69, 9.17) is 0 Å². The summed E-state index contributed by atoms with van der Waals surface area (Å²) in [6.07, 6.45) is 4.67. The molecule has 1 aliphatic carbocycles. The predicted molar refractivity (Wildman–Crippen MR) is 90.3 cm³/mol. The third-order valence-corrected chi connectivity index (χ3v) is 4.49. The van der Waals surface area contributed by atoms with Gasteiger partial charge in [0.25, 0.3) is 0 Å². The molecule has 23 heavy (non-hydrogen) atoms. The molecule has 0 spiro atoms. The van der Waals surface area contributed by atoms with Crippen molar-refractivity contribution in [3.8, 4) is 0 Å². The Kier molecular flexibility index (Phi) is 5.28. The van der Waals surface area contributed by atoms with E-state index in [-0.39, 0.29) is 11.8 Å². The number of anilines is 1. The molecule has 124 valence electrons. The highest BCUT2D eigenvalue weighted by atomic mass is 16.2. The molecule has 2 aliphatic rings. The van der Waals surface area contributed by atoms with Gasteiger partial charge in [0, 0.05) is 25.2 Å². The molecule has 0 bridgehead atoms. The summed E-state index contributed by atoms with van der Waals surface area (Å²) in [6, 6.07) is 8.07. The maximum absolute atomic E-state index is 12.3. The van der Waals surface area contributed by atoms with E-state index in [1.807, 2.05) is 23.1 Å². The Morgan fingerprint density at radius 2 is 2.04 bits per heavy atom. The van der Waals surface area contributed by atoms with Gasteiger partial charge in [-0.2, -0.15) is 0 Å². The van der Waals surface area contributed by atoms with Crippen LogP contribution in [-0.2, 0) is 16.0 Å². The second-order valence-electron chi connectivity index (χ2n) is 6.45. The minimum Gasteiger partial charge on any atom is -0.355 e. The van der Waals surface area contributed by atoms with Gasteiger partial charge in [0.1, 0.15) is 0 Å². The number of amides is 2. The average Bonchev–Trinajstić information content (AvgIpc) is 3.28. The maximum Gasteiger partial charge on any atom is 0.233 e. The van der Waals surface area contributed by atoms with Crippen LogP contribution in [0.15, 0.2) is 24.3 Å². The molecule has 3 rings (SSSR count). The number of nitrogens with zero attached hydrogens (tertiary/aromatic N) is 1. The monoisotopic (exact) mass is 315 g/mol. The first-order valence-electron chi connectivity index (χ1n) is 8.60. The Bertz CT molecular complexity index is 569. The quantitative estimate of drug-likeness (QED) is 0.714. The second kappa shape index (κ2) is 7.59. The lowest BCUT2D eigenvalue weighted by molar-refractivity contribution is -0.121. The van der Waals surface area contributed by atoms with Gasteiger partial charge >= 0.3 is 0 Å². The molecule has 1 aliphatic heterocycles. The topological polar surface area (TPSA) is 61.4 Å². The number of benzene rings is 1. The van der Waals surface area contributed by atoms with Crippen LogP contribution < -0.4 is 15.5 Å². The summed E-state index contributed by atoms with van der Waals surface area (Å²) in [5, 5.41) is 6.04. The number of carbonyl (C=O) groups is 2. The third kappa shape index (κ3) is 4.55. The Labute approximate surface area is 137 Å². The number of hydrogen-bond donors (Lipinski definition) is 2. The molecule has 1 aromatic rings. The summed E-state index contributed by atoms with van der Waals surface area (Å²) < 4.78 is 0. The molecule has 0 aromatic heterocycles. The van der Waals surface area contributed by atoms with Crippen molar-refractivity contribution < 1.29 is 9.59 Å².